The van der Waals surface area contributed by atoms with E-state index in [1.54, 1.807) is 85.8 Å². The van der Waals surface area contributed by atoms with Crippen molar-refractivity contribution >= 4 is 112 Å². The number of nitrogens with one attached hydrogen (secondary N) is 3. The van der Waals surface area contributed by atoms with Crippen molar-refractivity contribution in [1.29, 1.82) is 0 Å². The zero-order valence-electron chi connectivity index (χ0n) is 73.3. The number of β-amino-alcohol motifs (C(OH)–C–C–N with tert-alkyl or cyclic N) is 1. The highest BCUT2D eigenvalue weighted by Crippen LogP contribution is 2.44. The van der Waals surface area contributed by atoms with E-state index >= 15 is 0 Å². The van der Waals surface area contributed by atoms with Gasteiger partial charge in [-0.1, -0.05) is 72.3 Å². The first-order chi connectivity index (χ1) is 67.3. The van der Waals surface area contributed by atoms with Gasteiger partial charge in [-0.3, -0.25) is 37.0 Å². The van der Waals surface area contributed by atoms with E-state index in [-0.39, 0.29) is 65.6 Å². The van der Waals surface area contributed by atoms with E-state index in [9.17, 15) is 48.0 Å². The van der Waals surface area contributed by atoms with Crippen LogP contribution >= 0.6 is 11.6 Å². The third-order valence-corrected chi connectivity index (χ3v) is 26.1. The zero-order valence-corrected chi connectivity index (χ0v) is 74.0. The van der Waals surface area contributed by atoms with Crippen LogP contribution in [-0.2, 0) is 13.0 Å². The number of nitrogens with zero attached hydrogens (tertiary/aromatic N) is 25. The summed E-state index contributed by atoms with van der Waals surface area (Å²) in [4.78, 5) is 122. The molecule has 20 aromatic rings. The Labute approximate surface area is 782 Å². The Kier molecular flexibility index (Phi) is 22.5. The van der Waals surface area contributed by atoms with E-state index in [4.69, 9.17) is 64.1 Å². The molecule has 7 aromatic carbocycles. The second kappa shape index (κ2) is 35.7. The Hall–Kier alpha value is -16.5. The summed E-state index contributed by atoms with van der Waals surface area (Å²) in [6.45, 7) is 17.9. The molecule has 41 heteroatoms. The summed E-state index contributed by atoms with van der Waals surface area (Å²) in [7, 11) is 0. The van der Waals surface area contributed by atoms with E-state index in [2.05, 4.69) is 69.1 Å². The van der Waals surface area contributed by atoms with Crippen molar-refractivity contribution in [1.82, 2.24) is 121 Å². The second-order valence-corrected chi connectivity index (χ2v) is 34.6. The van der Waals surface area contributed by atoms with Crippen molar-refractivity contribution in [2.24, 2.45) is 0 Å². The molecule has 37 nitrogen and oxygen atoms in total. The molecule has 1 unspecified atom stereocenters. The van der Waals surface area contributed by atoms with Crippen LogP contribution in [0.2, 0.25) is 5.02 Å². The maximum Gasteiger partial charge on any atom is 0.328 e. The molecule has 690 valence electrons. The highest BCUT2D eigenvalue weighted by Gasteiger charge is 2.37. The molecule has 16 heterocycles. The number of benzene rings is 7. The number of fused-ring (bicyclic) bond motifs is 11. The number of aliphatic hydroxyl groups excluding tert-OH is 4. The number of hydrogen-bond donors (Lipinski definition) is 7. The number of aromatic amines is 3. The first kappa shape index (κ1) is 86.9. The summed E-state index contributed by atoms with van der Waals surface area (Å²) in [5.74, 6) is 2.14. The first-order valence-corrected chi connectivity index (χ1v) is 45.1. The van der Waals surface area contributed by atoms with Gasteiger partial charge in [0.2, 0.25) is 30.3 Å². The predicted octanol–water partition coefficient (Wildman–Crippen LogP) is 13.7. The van der Waals surface area contributed by atoms with Gasteiger partial charge in [0.05, 0.1) is 118 Å². The number of aromatic nitrogens is 25. The largest absolute Gasteiger partial charge is 0.493 e. The number of para-hydroxylation sites is 2. The van der Waals surface area contributed by atoms with Crippen molar-refractivity contribution in [2.75, 3.05) is 37.7 Å². The average Bonchev–Trinajstić information content (AvgIpc) is 1.53. The van der Waals surface area contributed by atoms with Gasteiger partial charge in [-0.25, -0.2) is 78.8 Å². The zero-order chi connectivity index (χ0) is 94.4. The lowest BCUT2D eigenvalue weighted by Gasteiger charge is -2.37. The Morgan fingerprint density at radius 1 is 0.493 bits per heavy atom. The smallest absolute Gasteiger partial charge is 0.328 e. The molecule has 0 bridgehead atoms. The van der Waals surface area contributed by atoms with Crippen LogP contribution in [0.3, 0.4) is 0 Å². The summed E-state index contributed by atoms with van der Waals surface area (Å²) in [5, 5.41) is 41.1. The van der Waals surface area contributed by atoms with Crippen molar-refractivity contribution < 1.29 is 43.1 Å². The molecular weight excluding hydrogens is 1790 g/mol. The van der Waals surface area contributed by atoms with E-state index in [0.29, 0.717) is 171 Å². The minimum Gasteiger partial charge on any atom is -0.493 e. The number of ether oxygens (including phenoxy) is 2. The fourth-order valence-corrected chi connectivity index (χ4v) is 19.4. The number of pyridine rings is 1. The lowest BCUT2D eigenvalue weighted by atomic mass is 9.85. The topological polar surface area (TPSA) is 430 Å². The third kappa shape index (κ3) is 15.6. The van der Waals surface area contributed by atoms with Gasteiger partial charge in [0, 0.05) is 84.6 Å². The monoisotopic (exact) mass is 1870 g/mol. The number of aliphatic hydroxyl groups is 4. The maximum absolute atomic E-state index is 14.5. The predicted molar refractivity (Wildman–Crippen MR) is 503 cm³/mol. The van der Waals surface area contributed by atoms with Crippen LogP contribution in [0.25, 0.3) is 134 Å². The van der Waals surface area contributed by atoms with Crippen LogP contribution in [0.15, 0.2) is 204 Å². The molecule has 7 N–H and O–H groups in total. The third-order valence-electron chi connectivity index (χ3n) is 25.8. The lowest BCUT2D eigenvalue weighted by Crippen LogP contribution is -2.51. The number of H-pyrrole nitrogens is 3. The van der Waals surface area contributed by atoms with Crippen LogP contribution in [0, 0.1) is 37.5 Å². The Morgan fingerprint density at radius 3 is 1.64 bits per heavy atom. The van der Waals surface area contributed by atoms with E-state index in [0.717, 1.165) is 87.4 Å². The van der Waals surface area contributed by atoms with Crippen molar-refractivity contribution in [3.05, 3.63) is 306 Å². The molecule has 5 aliphatic rings. The Morgan fingerprint density at radius 2 is 1.01 bits per heavy atom. The van der Waals surface area contributed by atoms with E-state index in [1.807, 2.05) is 95.3 Å². The number of rotatable bonds is 14. The quantitative estimate of drug-likeness (QED) is 0.0393. The second-order valence-electron chi connectivity index (χ2n) is 34.1. The average molecular weight is 1870 g/mol. The molecule has 1 saturated heterocycles. The van der Waals surface area contributed by atoms with Crippen LogP contribution < -0.4 is 31.4 Å². The van der Waals surface area contributed by atoms with Gasteiger partial charge in [0.25, 0.3) is 0 Å². The molecule has 0 amide bonds. The molecule has 2 fully saturated rings. The number of halogens is 4. The van der Waals surface area contributed by atoms with Gasteiger partial charge in [0.1, 0.15) is 76.3 Å². The van der Waals surface area contributed by atoms with Gasteiger partial charge in [-0.05, 0) is 142 Å². The van der Waals surface area contributed by atoms with Crippen molar-refractivity contribution in [3.8, 4) is 46.5 Å². The fourth-order valence-electron chi connectivity index (χ4n) is 19.3. The molecular formula is C97H80ClF3N28O9. The Bertz CT molecular complexity index is 8500. The first-order valence-electron chi connectivity index (χ1n) is 44.7. The van der Waals surface area contributed by atoms with Crippen molar-refractivity contribution in [2.45, 2.75) is 120 Å². The lowest BCUT2D eigenvalue weighted by molar-refractivity contribution is 0.111. The van der Waals surface area contributed by atoms with Crippen LogP contribution in [0.5, 0.6) is 11.5 Å². The molecule has 3 aliphatic heterocycles. The standard InChI is InChI=1S/C26H22N8O3.C25H19F2N7O2.C24H22ClN7O.C22H17FN6O3/c1-27-14-6-7-18-20(10-14)33(13-28-18)25-30-23(32-11-15(35)12-32)22-24(31-25)34(26(37)29-22)19-8-9-21(36)17-5-3-2-4-16(17)19;1-28-10-3-6-18-21-23(32-24(30-18)33-13-29-17-8-7-14(26)12-20(17)33)34(25(35)31-21)19-9-11-36-22-15(19)4-2-5-16(22)27;1-14-28-22-21(15-8-10-26-11-9-15)29-24(31-13-27-19-7-2-16(25)12-20(19)31)30-23(22)32(14)17-3-5-18(33)6-4-17;23-12-5-6-14-17(9-12)28(11-24-14)21-25-15(10-30)19-20(27-21)29(22(31)26-19)16-7-8-32-18-4-2-1-3-13(16)18/h2-7,10,13,15,19,21,35-36H,8-9,11-12H2,(H,29,37);2,4-5,7-8,12-13,19H,3,6,9-11H2,(H,31,35);2,7-13,17-18,33H,3-6H2,1H3;1-6,9,11,16,30H,7-8,10H2,(H,26,31)/t19-,21-;19-;;/m11../s1. The number of anilines is 1. The van der Waals surface area contributed by atoms with Gasteiger partial charge in [-0.15, -0.1) is 0 Å². The Balaban J connectivity index is 0.000000106. The van der Waals surface area contributed by atoms with E-state index in [1.165, 1.54) is 52.1 Å². The van der Waals surface area contributed by atoms with Gasteiger partial charge in [-0.2, -0.15) is 24.9 Å². The highest BCUT2D eigenvalue weighted by atomic mass is 35.5. The molecule has 2 aliphatic carbocycles. The molecule has 13 aromatic heterocycles. The van der Waals surface area contributed by atoms with Gasteiger partial charge in [0.15, 0.2) is 45.7 Å². The minimum absolute atomic E-state index is 0.123. The number of hydrogen-bond acceptors (Lipinski definition) is 24. The maximum atomic E-state index is 14.5. The summed E-state index contributed by atoms with van der Waals surface area (Å²) in [5.41, 5.74) is 14.1. The summed E-state index contributed by atoms with van der Waals surface area (Å²) in [6.07, 6.45) is 15.0. The van der Waals surface area contributed by atoms with E-state index < -0.39 is 48.0 Å². The van der Waals surface area contributed by atoms with Crippen LogP contribution in [-0.4, -0.2) is 187 Å². The van der Waals surface area contributed by atoms with Crippen LogP contribution in [0.1, 0.15) is 128 Å². The molecule has 4 atom stereocenters. The minimum atomic E-state index is -0.578. The van der Waals surface area contributed by atoms with Crippen LogP contribution in [0.4, 0.5) is 24.7 Å². The summed E-state index contributed by atoms with van der Waals surface area (Å²) >= 11 is 6.28. The van der Waals surface area contributed by atoms with Gasteiger partial charge >= 0.3 is 17.1 Å². The molecule has 0 radical (unpaired) electrons. The fraction of sp³-hybridized carbons (Fsp3) is 0.247. The molecule has 25 rings (SSSR count). The highest BCUT2D eigenvalue weighted by molar-refractivity contribution is 6.31. The number of aryl methyl sites for hydroxylation is 2. The van der Waals surface area contributed by atoms with Crippen molar-refractivity contribution in [3.63, 3.8) is 0 Å². The molecule has 0 spiro atoms. The summed E-state index contributed by atoms with van der Waals surface area (Å²) < 4.78 is 67.3. The van der Waals surface area contributed by atoms with Gasteiger partial charge < -0.3 is 59.2 Å². The normalized spacial score (nSPS) is 17.4. The summed E-state index contributed by atoms with van der Waals surface area (Å²) in [6, 6.07) is 42.1. The number of imidazole rings is 8. The molecule has 138 heavy (non-hydrogen) atoms. The molecule has 1 saturated carbocycles. The SMILES string of the molecule is Cc1nc2c(-c3ccncc3)nc(-n3cnc4ccc(Cl)cc43)nc2n1C1CCC(O)CC1.O=c1[nH]c2c(CO)nc(-n3cnc4ccc(F)cc43)nc2n1C1CCOc2ccccc21.[C-]#[N+]CCCc1nc(-n2cnc3ccc(F)cc32)nc2c1[nH]c(=O)n2[C@@H]1CCOc2c(F)cccc21.[C-]#[N+]c1ccc2ncn(-c3nc(N4CC(O)C4)c4[nH]c(=O)n([C@@H]5CC[C@@H](O)c6ccccc65)c4n3)c2c1.